The second kappa shape index (κ2) is 3.39. The van der Waals surface area contributed by atoms with Crippen molar-refractivity contribution in [2.45, 2.75) is 13.0 Å². The van der Waals surface area contributed by atoms with Crippen LogP contribution in [0.4, 0.5) is 8.78 Å². The van der Waals surface area contributed by atoms with Crippen molar-refractivity contribution >= 4 is 0 Å². The average molecular weight is 158 g/mol. The lowest BCUT2D eigenvalue weighted by atomic mass is 10.2. The van der Waals surface area contributed by atoms with Gasteiger partial charge in [-0.15, -0.1) is 0 Å². The third-order valence-corrected chi connectivity index (χ3v) is 1.25. The van der Waals surface area contributed by atoms with Crippen molar-refractivity contribution < 1.29 is 13.9 Å². The van der Waals surface area contributed by atoms with Crippen molar-refractivity contribution in [2.75, 3.05) is 0 Å². The number of aliphatic hydroxyl groups is 1. The molecule has 0 atom stereocenters. The first-order valence-corrected chi connectivity index (χ1v) is 2.99. The highest BCUT2D eigenvalue weighted by Crippen LogP contribution is 2.20. The van der Waals surface area contributed by atoms with Crippen molar-refractivity contribution in [1.82, 2.24) is 4.98 Å². The molecule has 0 fully saturated rings. The van der Waals surface area contributed by atoms with E-state index in [9.17, 15) is 8.78 Å². The Kier molecular flexibility index (Phi) is 2.48. The lowest BCUT2D eigenvalue weighted by molar-refractivity contribution is 0.146. The van der Waals surface area contributed by atoms with Gasteiger partial charge in [0.05, 0.1) is 12.3 Å². The molecule has 2 nitrogen and oxygen atoms in total. The molecule has 4 heteroatoms. The van der Waals surface area contributed by atoms with Crippen LogP contribution >= 0.6 is 0 Å². The fourth-order valence-corrected chi connectivity index (χ4v) is 0.721. The van der Waals surface area contributed by atoms with E-state index in [1.807, 2.05) is 0 Å². The third-order valence-electron chi connectivity index (χ3n) is 1.25. The number of pyridine rings is 1. The molecule has 0 saturated carbocycles. The molecule has 59 valence electrons. The van der Waals surface area contributed by atoms with Gasteiger partial charge >= 0.3 is 0 Å². The van der Waals surface area contributed by atoms with Gasteiger partial charge in [-0.05, 0) is 6.07 Å². The molecule has 0 aliphatic carbocycles. The summed E-state index contributed by atoms with van der Waals surface area (Å²) in [5.41, 5.74) is -0.242. The molecule has 1 radical (unpaired) electrons. The Labute approximate surface area is 62.5 Å². The van der Waals surface area contributed by atoms with Crippen LogP contribution in [0.3, 0.4) is 0 Å². The Morgan fingerprint density at radius 2 is 2.36 bits per heavy atom. The van der Waals surface area contributed by atoms with E-state index in [1.54, 1.807) is 0 Å². The van der Waals surface area contributed by atoms with E-state index < -0.39 is 13.0 Å². The van der Waals surface area contributed by atoms with Crippen LogP contribution in [0.1, 0.15) is 17.7 Å². The lowest BCUT2D eigenvalue weighted by Crippen LogP contribution is -1.96. The zero-order valence-electron chi connectivity index (χ0n) is 5.59. The normalized spacial score (nSPS) is 10.5. The topological polar surface area (TPSA) is 33.1 Å². The molecule has 1 aromatic heterocycles. The number of nitrogens with zero attached hydrogens (tertiary/aromatic N) is 1. The van der Waals surface area contributed by atoms with E-state index in [1.165, 1.54) is 6.20 Å². The maximum Gasteiger partial charge on any atom is 0.265 e. The van der Waals surface area contributed by atoms with Crippen molar-refractivity contribution in [3.63, 3.8) is 0 Å². The van der Waals surface area contributed by atoms with Gasteiger partial charge in [0.15, 0.2) is 0 Å². The summed E-state index contributed by atoms with van der Waals surface area (Å²) in [6, 6.07) is 3.54. The van der Waals surface area contributed by atoms with Crippen LogP contribution < -0.4 is 0 Å². The molecule has 0 aliphatic heterocycles. The molecule has 0 aliphatic rings. The van der Waals surface area contributed by atoms with Gasteiger partial charge in [-0.2, -0.15) is 0 Å². The number of aliphatic hydroxyl groups excluding tert-OH is 1. The predicted octanol–water partition coefficient (Wildman–Crippen LogP) is 1.31. The maximum atomic E-state index is 12.0. The average Bonchev–Trinajstić information content (AvgIpc) is 2.04. The molecule has 1 N–H and O–H groups in total. The van der Waals surface area contributed by atoms with Crippen LogP contribution in [-0.4, -0.2) is 10.1 Å². The molecule has 1 rings (SSSR count). The Hall–Kier alpha value is -1.03. The molecule has 1 heterocycles. The van der Waals surface area contributed by atoms with E-state index in [0.717, 1.165) is 6.07 Å². The van der Waals surface area contributed by atoms with Gasteiger partial charge in [0, 0.05) is 17.8 Å². The van der Waals surface area contributed by atoms with Crippen LogP contribution in [0.5, 0.6) is 0 Å². The van der Waals surface area contributed by atoms with E-state index in [2.05, 4.69) is 11.1 Å². The van der Waals surface area contributed by atoms with Crippen LogP contribution in [0.2, 0.25) is 0 Å². The summed E-state index contributed by atoms with van der Waals surface area (Å²) in [6.45, 7) is -0.464. The number of rotatable bonds is 2. The molecule has 0 aromatic carbocycles. The maximum absolute atomic E-state index is 12.0. The van der Waals surface area contributed by atoms with E-state index in [4.69, 9.17) is 5.11 Å². The summed E-state index contributed by atoms with van der Waals surface area (Å²) < 4.78 is 24.1. The fourth-order valence-electron chi connectivity index (χ4n) is 0.721. The summed E-state index contributed by atoms with van der Waals surface area (Å²) in [6.07, 6.45) is -1.35. The Morgan fingerprint density at radius 1 is 1.64 bits per heavy atom. The smallest absolute Gasteiger partial charge is 0.265 e. The summed E-state index contributed by atoms with van der Waals surface area (Å²) in [5, 5.41) is 8.56. The fraction of sp³-hybridized carbons (Fsp3) is 0.286. The minimum atomic E-state index is -2.60. The second-order valence-electron chi connectivity index (χ2n) is 1.93. The van der Waals surface area contributed by atoms with Crippen molar-refractivity contribution in [1.29, 1.82) is 0 Å². The van der Waals surface area contributed by atoms with Gasteiger partial charge in [0.2, 0.25) is 0 Å². The highest BCUT2D eigenvalue weighted by atomic mass is 19.3. The SMILES string of the molecule is OCc1nc[c]cc1C(F)F. The van der Waals surface area contributed by atoms with Crippen LogP contribution in [0, 0.1) is 6.07 Å². The van der Waals surface area contributed by atoms with E-state index in [0.29, 0.717) is 0 Å². The van der Waals surface area contributed by atoms with Gasteiger partial charge < -0.3 is 5.11 Å². The molecule has 0 bridgehead atoms. The van der Waals surface area contributed by atoms with Crippen molar-refractivity contribution in [3.8, 4) is 0 Å². The van der Waals surface area contributed by atoms with Gasteiger partial charge in [-0.1, -0.05) is 0 Å². The van der Waals surface area contributed by atoms with Crippen LogP contribution in [0.25, 0.3) is 0 Å². The second-order valence-corrected chi connectivity index (χ2v) is 1.93. The minimum absolute atomic E-state index is 0.0127. The zero-order valence-corrected chi connectivity index (χ0v) is 5.59. The largest absolute Gasteiger partial charge is 0.390 e. The Morgan fingerprint density at radius 3 is 2.82 bits per heavy atom. The molecule has 0 amide bonds. The summed E-state index contributed by atoms with van der Waals surface area (Å²) >= 11 is 0. The van der Waals surface area contributed by atoms with Gasteiger partial charge in [0.25, 0.3) is 6.43 Å². The molecule has 0 spiro atoms. The Bertz CT molecular complexity index is 240. The zero-order chi connectivity index (χ0) is 8.27. The quantitative estimate of drug-likeness (QED) is 0.703. The van der Waals surface area contributed by atoms with Crippen molar-refractivity contribution in [3.05, 3.63) is 29.6 Å². The van der Waals surface area contributed by atoms with E-state index in [-0.39, 0.29) is 11.3 Å². The number of aromatic nitrogens is 1. The first-order chi connectivity index (χ1) is 5.25. The highest BCUT2D eigenvalue weighted by molar-refractivity contribution is 5.19. The number of hydrogen-bond acceptors (Lipinski definition) is 2. The van der Waals surface area contributed by atoms with Crippen molar-refractivity contribution in [2.24, 2.45) is 0 Å². The van der Waals surface area contributed by atoms with Gasteiger partial charge in [-0.25, -0.2) is 8.78 Å². The molecule has 0 unspecified atom stereocenters. The van der Waals surface area contributed by atoms with E-state index >= 15 is 0 Å². The first kappa shape index (κ1) is 8.07. The highest BCUT2D eigenvalue weighted by Gasteiger charge is 2.11. The van der Waals surface area contributed by atoms with Gasteiger partial charge in [0.1, 0.15) is 0 Å². The molecular formula is C7H6F2NO. The molecule has 11 heavy (non-hydrogen) atoms. The van der Waals surface area contributed by atoms with Crippen LogP contribution in [-0.2, 0) is 6.61 Å². The summed E-state index contributed by atoms with van der Waals surface area (Å²) in [4.78, 5) is 3.53. The summed E-state index contributed by atoms with van der Waals surface area (Å²) in [5.74, 6) is 0. The first-order valence-electron chi connectivity index (χ1n) is 2.99. The molecule has 1 aromatic rings. The number of halogens is 2. The van der Waals surface area contributed by atoms with Gasteiger partial charge in [-0.3, -0.25) is 4.98 Å². The standard InChI is InChI=1S/C7H6F2NO/c8-7(9)5-2-1-3-10-6(5)4-11/h2-3,7,11H,4H2. The monoisotopic (exact) mass is 158 g/mol. The van der Waals surface area contributed by atoms with Crippen LogP contribution in [0.15, 0.2) is 12.3 Å². The molecular weight excluding hydrogens is 152 g/mol. The Balaban J connectivity index is 3.02. The predicted molar refractivity (Wildman–Crippen MR) is 34.0 cm³/mol. The minimum Gasteiger partial charge on any atom is -0.390 e. The third kappa shape index (κ3) is 1.71. The lowest BCUT2D eigenvalue weighted by Gasteiger charge is -2.02. The summed E-state index contributed by atoms with van der Waals surface area (Å²) in [7, 11) is 0. The number of hydrogen-bond donors (Lipinski definition) is 1. The molecule has 0 saturated heterocycles. The number of alkyl halides is 2.